The van der Waals surface area contributed by atoms with Crippen LogP contribution in [0.2, 0.25) is 0 Å². The SMILES string of the molecule is COc1cc(/C=N/NC(=O)c2ccc(Br)cc2)cc(OC)c1OC(C)=O. The first-order valence-corrected chi connectivity index (χ1v) is 8.27. The number of rotatable bonds is 6. The molecular weight excluding hydrogens is 404 g/mol. The molecule has 0 spiro atoms. The fraction of sp³-hybridized carbons (Fsp3) is 0.167. The summed E-state index contributed by atoms with van der Waals surface area (Å²) in [5.41, 5.74) is 3.50. The van der Waals surface area contributed by atoms with E-state index in [2.05, 4.69) is 26.5 Å². The lowest BCUT2D eigenvalue weighted by molar-refractivity contribution is -0.132. The minimum Gasteiger partial charge on any atom is -0.493 e. The second-order valence-corrected chi connectivity index (χ2v) is 5.97. The first-order chi connectivity index (χ1) is 12.4. The predicted octanol–water partition coefficient (Wildman–Crippen LogP) is 3.16. The molecule has 0 saturated carbocycles. The molecule has 0 unspecified atom stereocenters. The summed E-state index contributed by atoms with van der Waals surface area (Å²) < 4.78 is 16.4. The van der Waals surface area contributed by atoms with E-state index in [0.717, 1.165) is 4.47 Å². The lowest BCUT2D eigenvalue weighted by atomic mass is 10.2. The van der Waals surface area contributed by atoms with Crippen LogP contribution in [-0.4, -0.2) is 32.3 Å². The molecule has 0 atom stereocenters. The van der Waals surface area contributed by atoms with Crippen molar-refractivity contribution in [3.63, 3.8) is 0 Å². The van der Waals surface area contributed by atoms with Crippen LogP contribution in [-0.2, 0) is 4.79 Å². The molecule has 26 heavy (non-hydrogen) atoms. The van der Waals surface area contributed by atoms with Crippen molar-refractivity contribution in [1.82, 2.24) is 5.43 Å². The van der Waals surface area contributed by atoms with Crippen LogP contribution in [0.25, 0.3) is 0 Å². The fourth-order valence-corrected chi connectivity index (χ4v) is 2.31. The minimum absolute atomic E-state index is 0.179. The molecule has 0 radical (unpaired) electrons. The Kier molecular flexibility index (Phi) is 6.74. The highest BCUT2D eigenvalue weighted by molar-refractivity contribution is 9.10. The van der Waals surface area contributed by atoms with Gasteiger partial charge in [0.05, 0.1) is 20.4 Å². The molecule has 7 nitrogen and oxygen atoms in total. The van der Waals surface area contributed by atoms with Crippen LogP contribution in [0.15, 0.2) is 46.0 Å². The zero-order valence-corrected chi connectivity index (χ0v) is 16.0. The van der Waals surface area contributed by atoms with Crippen molar-refractivity contribution in [1.29, 1.82) is 0 Å². The quantitative estimate of drug-likeness (QED) is 0.335. The molecule has 2 aromatic carbocycles. The van der Waals surface area contributed by atoms with Crippen molar-refractivity contribution < 1.29 is 23.8 Å². The summed E-state index contributed by atoms with van der Waals surface area (Å²) in [5.74, 6) is -0.0481. The lowest BCUT2D eigenvalue weighted by Gasteiger charge is -2.13. The molecule has 8 heteroatoms. The van der Waals surface area contributed by atoms with E-state index in [1.165, 1.54) is 27.4 Å². The van der Waals surface area contributed by atoms with Crippen LogP contribution in [0.5, 0.6) is 17.2 Å². The minimum atomic E-state index is -0.496. The third kappa shape index (κ3) is 5.06. The standard InChI is InChI=1S/C18H17BrN2O5/c1-11(22)26-17-15(24-2)8-12(9-16(17)25-3)10-20-21-18(23)13-4-6-14(19)7-5-13/h4-10H,1-3H3,(H,21,23)/b20-10+. The number of benzene rings is 2. The van der Waals surface area contributed by atoms with Gasteiger partial charge < -0.3 is 14.2 Å². The molecule has 1 N–H and O–H groups in total. The van der Waals surface area contributed by atoms with E-state index < -0.39 is 5.97 Å². The zero-order chi connectivity index (χ0) is 19.1. The van der Waals surface area contributed by atoms with E-state index in [1.54, 1.807) is 36.4 Å². The number of carbonyl (C=O) groups excluding carboxylic acids is 2. The fourth-order valence-electron chi connectivity index (χ4n) is 2.05. The monoisotopic (exact) mass is 420 g/mol. The van der Waals surface area contributed by atoms with Gasteiger partial charge in [-0.3, -0.25) is 9.59 Å². The Hall–Kier alpha value is -2.87. The molecule has 2 rings (SSSR count). The van der Waals surface area contributed by atoms with Gasteiger partial charge in [-0.05, 0) is 36.4 Å². The Morgan fingerprint density at radius 2 is 1.65 bits per heavy atom. The Morgan fingerprint density at radius 1 is 1.08 bits per heavy atom. The highest BCUT2D eigenvalue weighted by Gasteiger charge is 2.15. The molecule has 136 valence electrons. The second-order valence-electron chi connectivity index (χ2n) is 5.05. The second kappa shape index (κ2) is 9.00. The first kappa shape index (κ1) is 19.5. The number of halogens is 1. The molecule has 0 aromatic heterocycles. The number of ether oxygens (including phenoxy) is 3. The van der Waals surface area contributed by atoms with Gasteiger partial charge in [-0.1, -0.05) is 15.9 Å². The number of amides is 1. The number of nitrogens with one attached hydrogen (secondary N) is 1. The van der Waals surface area contributed by atoms with Gasteiger partial charge in [0.1, 0.15) is 0 Å². The summed E-state index contributed by atoms with van der Waals surface area (Å²) in [6, 6.07) is 10.1. The number of methoxy groups -OCH3 is 2. The van der Waals surface area contributed by atoms with Crippen LogP contribution < -0.4 is 19.6 Å². The molecule has 0 aliphatic rings. The smallest absolute Gasteiger partial charge is 0.308 e. The molecule has 0 saturated heterocycles. The van der Waals surface area contributed by atoms with Crippen molar-refractivity contribution in [2.24, 2.45) is 5.10 Å². The number of hydrazone groups is 1. The molecule has 1 amide bonds. The zero-order valence-electron chi connectivity index (χ0n) is 14.4. The van der Waals surface area contributed by atoms with Crippen LogP contribution in [0.4, 0.5) is 0 Å². The average molecular weight is 421 g/mol. The van der Waals surface area contributed by atoms with E-state index in [4.69, 9.17) is 14.2 Å². The molecular formula is C18H17BrN2O5. The van der Waals surface area contributed by atoms with Crippen LogP contribution in [0, 0.1) is 0 Å². The van der Waals surface area contributed by atoms with Crippen molar-refractivity contribution >= 4 is 34.0 Å². The molecule has 2 aromatic rings. The normalized spacial score (nSPS) is 10.5. The van der Waals surface area contributed by atoms with E-state index >= 15 is 0 Å². The number of carbonyl (C=O) groups is 2. The highest BCUT2D eigenvalue weighted by Crippen LogP contribution is 2.38. The van der Waals surface area contributed by atoms with Crippen molar-refractivity contribution in [2.75, 3.05) is 14.2 Å². The largest absolute Gasteiger partial charge is 0.493 e. The van der Waals surface area contributed by atoms with Gasteiger partial charge >= 0.3 is 5.97 Å². The number of esters is 1. The maximum atomic E-state index is 12.0. The maximum absolute atomic E-state index is 12.0. The maximum Gasteiger partial charge on any atom is 0.308 e. The summed E-state index contributed by atoms with van der Waals surface area (Å²) >= 11 is 3.31. The van der Waals surface area contributed by atoms with Crippen LogP contribution in [0.1, 0.15) is 22.8 Å². The summed E-state index contributed by atoms with van der Waals surface area (Å²) in [6.07, 6.45) is 1.43. The Morgan fingerprint density at radius 3 is 2.15 bits per heavy atom. The summed E-state index contributed by atoms with van der Waals surface area (Å²) in [5, 5.41) is 3.93. The molecule has 0 heterocycles. The van der Waals surface area contributed by atoms with Crippen molar-refractivity contribution in [3.05, 3.63) is 52.0 Å². The first-order valence-electron chi connectivity index (χ1n) is 7.48. The topological polar surface area (TPSA) is 86.2 Å². The van der Waals surface area contributed by atoms with Gasteiger partial charge in [0.2, 0.25) is 5.75 Å². The Bertz CT molecular complexity index is 809. The van der Waals surface area contributed by atoms with Gasteiger partial charge in [0.25, 0.3) is 5.91 Å². The molecule has 0 aliphatic carbocycles. The third-order valence-corrected chi connectivity index (χ3v) is 3.74. The van der Waals surface area contributed by atoms with E-state index in [9.17, 15) is 9.59 Å². The van der Waals surface area contributed by atoms with Gasteiger partial charge in [-0.25, -0.2) is 5.43 Å². The van der Waals surface area contributed by atoms with Gasteiger partial charge in [-0.15, -0.1) is 0 Å². The van der Waals surface area contributed by atoms with Gasteiger partial charge in [-0.2, -0.15) is 5.10 Å². The van der Waals surface area contributed by atoms with Gasteiger partial charge in [0.15, 0.2) is 11.5 Å². The molecule has 0 fully saturated rings. The van der Waals surface area contributed by atoms with Crippen molar-refractivity contribution in [3.8, 4) is 17.2 Å². The Labute approximate surface area is 159 Å². The molecule has 0 bridgehead atoms. The number of hydrogen-bond donors (Lipinski definition) is 1. The summed E-state index contributed by atoms with van der Waals surface area (Å²) in [4.78, 5) is 23.2. The van der Waals surface area contributed by atoms with E-state index in [0.29, 0.717) is 22.6 Å². The van der Waals surface area contributed by atoms with E-state index in [1.807, 2.05) is 0 Å². The average Bonchev–Trinajstić information content (AvgIpc) is 2.62. The van der Waals surface area contributed by atoms with Crippen molar-refractivity contribution in [2.45, 2.75) is 6.92 Å². The number of hydrogen-bond acceptors (Lipinski definition) is 6. The third-order valence-electron chi connectivity index (χ3n) is 3.21. The predicted molar refractivity (Wildman–Crippen MR) is 100 cm³/mol. The lowest BCUT2D eigenvalue weighted by Crippen LogP contribution is -2.17. The highest BCUT2D eigenvalue weighted by atomic mass is 79.9. The summed E-state index contributed by atoms with van der Waals surface area (Å²) in [6.45, 7) is 1.28. The van der Waals surface area contributed by atoms with E-state index in [-0.39, 0.29) is 11.7 Å². The Balaban J connectivity index is 2.17. The molecule has 0 aliphatic heterocycles. The summed E-state index contributed by atoms with van der Waals surface area (Å²) in [7, 11) is 2.88. The van der Waals surface area contributed by atoms with Gasteiger partial charge in [0, 0.05) is 22.5 Å². The van der Waals surface area contributed by atoms with Crippen LogP contribution in [0.3, 0.4) is 0 Å². The number of nitrogens with zero attached hydrogens (tertiary/aromatic N) is 1. The van der Waals surface area contributed by atoms with Crippen LogP contribution >= 0.6 is 15.9 Å².